The summed E-state index contributed by atoms with van der Waals surface area (Å²) >= 11 is 1.49. The van der Waals surface area contributed by atoms with Crippen LogP contribution in [0.4, 0.5) is 0 Å². The van der Waals surface area contributed by atoms with Crippen LogP contribution in [0.1, 0.15) is 18.0 Å². The van der Waals surface area contributed by atoms with Gasteiger partial charge in [0.25, 0.3) is 0 Å². The molecule has 2 rings (SSSR count). The number of aliphatic carboxylic acids is 1. The van der Waals surface area contributed by atoms with Gasteiger partial charge in [0.15, 0.2) is 11.5 Å². The predicted octanol–water partition coefficient (Wildman–Crippen LogP) is 1.65. The lowest BCUT2D eigenvalue weighted by Gasteiger charge is -2.23. The molecule has 1 aromatic rings. The normalized spacial score (nSPS) is 15.2. The Bertz CT molecular complexity index is 464. The predicted molar refractivity (Wildman–Crippen MR) is 68.4 cm³/mol. The number of rotatable bonds is 4. The van der Waals surface area contributed by atoms with Crippen molar-refractivity contribution in [3.05, 3.63) is 17.7 Å². The fourth-order valence-corrected chi connectivity index (χ4v) is 2.71. The minimum atomic E-state index is -0.913. The first-order valence-corrected chi connectivity index (χ1v) is 6.79. The summed E-state index contributed by atoms with van der Waals surface area (Å²) in [5, 5.41) is 8.80. The van der Waals surface area contributed by atoms with E-state index in [0.29, 0.717) is 24.7 Å². The molecule has 0 saturated heterocycles. The van der Waals surface area contributed by atoms with E-state index in [1.807, 2.05) is 12.3 Å². The van der Waals surface area contributed by atoms with Crippen molar-refractivity contribution in [1.29, 1.82) is 0 Å². The lowest BCUT2D eigenvalue weighted by atomic mass is 10.0. The number of carboxylic acid groups (broad SMARTS) is 1. The number of hydrogen-bond donors (Lipinski definition) is 2. The Labute approximate surface area is 109 Å². The van der Waals surface area contributed by atoms with Gasteiger partial charge in [-0.15, -0.1) is 11.8 Å². The molecular weight excluding hydrogens is 254 g/mol. The molecule has 1 aromatic carbocycles. The zero-order valence-corrected chi connectivity index (χ0v) is 10.8. The van der Waals surface area contributed by atoms with Crippen LogP contribution >= 0.6 is 11.8 Å². The Morgan fingerprint density at radius 2 is 2.22 bits per heavy atom. The van der Waals surface area contributed by atoms with Gasteiger partial charge in [0.2, 0.25) is 0 Å². The Hall–Kier alpha value is -1.40. The Morgan fingerprint density at radius 1 is 1.50 bits per heavy atom. The van der Waals surface area contributed by atoms with Gasteiger partial charge in [0.05, 0.1) is 11.3 Å². The van der Waals surface area contributed by atoms with Crippen LogP contribution in [0.3, 0.4) is 0 Å². The monoisotopic (exact) mass is 269 g/mol. The number of fused-ring (bicyclic) bond motifs is 1. The maximum atomic E-state index is 10.7. The molecule has 1 heterocycles. The Morgan fingerprint density at radius 3 is 2.89 bits per heavy atom. The molecule has 0 aromatic heterocycles. The van der Waals surface area contributed by atoms with E-state index in [-0.39, 0.29) is 6.42 Å². The molecule has 3 N–H and O–H groups in total. The second-order valence-corrected chi connectivity index (χ2v) is 4.73. The molecule has 0 saturated carbocycles. The van der Waals surface area contributed by atoms with Gasteiger partial charge in [-0.2, -0.15) is 0 Å². The molecule has 1 aliphatic rings. The minimum absolute atomic E-state index is 0.104. The summed E-state index contributed by atoms with van der Waals surface area (Å²) in [6, 6.07) is 3.05. The number of carbonyl (C=O) groups is 1. The number of thioether (sulfide) groups is 1. The van der Waals surface area contributed by atoms with Gasteiger partial charge in [0, 0.05) is 6.04 Å². The summed E-state index contributed by atoms with van der Waals surface area (Å²) in [6.07, 6.45) is 1.80. The van der Waals surface area contributed by atoms with Crippen molar-refractivity contribution in [1.82, 2.24) is 0 Å². The van der Waals surface area contributed by atoms with Gasteiger partial charge in [-0.3, -0.25) is 4.79 Å². The fraction of sp³-hybridized carbons (Fsp3) is 0.417. The first-order chi connectivity index (χ1) is 8.63. The van der Waals surface area contributed by atoms with Crippen LogP contribution in [0.2, 0.25) is 0 Å². The van der Waals surface area contributed by atoms with E-state index < -0.39 is 12.0 Å². The maximum Gasteiger partial charge on any atom is 0.305 e. The third-order valence-electron chi connectivity index (χ3n) is 2.69. The molecule has 0 amide bonds. The van der Waals surface area contributed by atoms with Gasteiger partial charge < -0.3 is 20.3 Å². The van der Waals surface area contributed by atoms with E-state index in [4.69, 9.17) is 20.3 Å². The van der Waals surface area contributed by atoms with Crippen LogP contribution < -0.4 is 15.2 Å². The average molecular weight is 269 g/mol. The summed E-state index contributed by atoms with van der Waals surface area (Å²) in [5.74, 6) is 0.452. The lowest BCUT2D eigenvalue weighted by molar-refractivity contribution is -0.137. The molecule has 5 nitrogen and oxygen atoms in total. The van der Waals surface area contributed by atoms with Gasteiger partial charge in [-0.25, -0.2) is 0 Å². The zero-order chi connectivity index (χ0) is 13.1. The van der Waals surface area contributed by atoms with Gasteiger partial charge in [0.1, 0.15) is 13.2 Å². The van der Waals surface area contributed by atoms with Crippen LogP contribution in [0.5, 0.6) is 11.5 Å². The van der Waals surface area contributed by atoms with E-state index in [0.717, 1.165) is 10.5 Å². The lowest BCUT2D eigenvalue weighted by Crippen LogP contribution is -2.19. The highest BCUT2D eigenvalue weighted by atomic mass is 32.2. The van der Waals surface area contributed by atoms with Gasteiger partial charge in [-0.1, -0.05) is 6.07 Å². The van der Waals surface area contributed by atoms with Gasteiger partial charge >= 0.3 is 5.97 Å². The highest BCUT2D eigenvalue weighted by Gasteiger charge is 2.22. The van der Waals surface area contributed by atoms with Crippen molar-refractivity contribution in [2.24, 2.45) is 5.73 Å². The molecule has 1 aliphatic heterocycles. The molecule has 0 radical (unpaired) electrons. The van der Waals surface area contributed by atoms with E-state index in [9.17, 15) is 4.79 Å². The number of hydrogen-bond acceptors (Lipinski definition) is 5. The molecule has 0 spiro atoms. The summed E-state index contributed by atoms with van der Waals surface area (Å²) in [4.78, 5) is 11.6. The highest BCUT2D eigenvalue weighted by molar-refractivity contribution is 7.98. The van der Waals surface area contributed by atoms with Crippen molar-refractivity contribution >= 4 is 17.7 Å². The van der Waals surface area contributed by atoms with Crippen molar-refractivity contribution < 1.29 is 19.4 Å². The molecule has 6 heteroatoms. The number of carboxylic acids is 1. The van der Waals surface area contributed by atoms with Crippen LogP contribution in [-0.2, 0) is 4.79 Å². The highest BCUT2D eigenvalue weighted by Crippen LogP contribution is 2.42. The van der Waals surface area contributed by atoms with Crippen molar-refractivity contribution in [3.63, 3.8) is 0 Å². The number of ether oxygens (including phenoxy) is 2. The third-order valence-corrected chi connectivity index (χ3v) is 3.52. The molecule has 98 valence electrons. The van der Waals surface area contributed by atoms with E-state index in [1.54, 1.807) is 6.07 Å². The maximum absolute atomic E-state index is 10.7. The molecule has 1 unspecified atom stereocenters. The molecule has 0 bridgehead atoms. The third kappa shape index (κ3) is 2.54. The van der Waals surface area contributed by atoms with E-state index in [2.05, 4.69) is 0 Å². The number of nitrogens with two attached hydrogens (primary N) is 1. The standard InChI is InChI=1S/C12H15NO4S/c1-18-12-7(8(13)6-10(14)15)2-3-9-11(12)17-5-4-16-9/h2-3,8H,4-6,13H2,1H3,(H,14,15). The van der Waals surface area contributed by atoms with Crippen LogP contribution in [0, 0.1) is 0 Å². The second-order valence-electron chi connectivity index (χ2n) is 3.92. The second kappa shape index (κ2) is 5.49. The average Bonchev–Trinajstić information content (AvgIpc) is 2.36. The smallest absolute Gasteiger partial charge is 0.305 e. The first-order valence-electron chi connectivity index (χ1n) is 5.57. The van der Waals surface area contributed by atoms with Crippen LogP contribution in [-0.4, -0.2) is 30.5 Å². The quantitative estimate of drug-likeness (QED) is 0.809. The Balaban J connectivity index is 2.38. The van der Waals surface area contributed by atoms with Crippen LogP contribution in [0.25, 0.3) is 0 Å². The minimum Gasteiger partial charge on any atom is -0.486 e. The SMILES string of the molecule is CSc1c(C(N)CC(=O)O)ccc2c1OCCO2. The van der Waals surface area contributed by atoms with Crippen molar-refractivity contribution in [2.75, 3.05) is 19.5 Å². The summed E-state index contributed by atoms with van der Waals surface area (Å²) in [6.45, 7) is 1.03. The van der Waals surface area contributed by atoms with Crippen molar-refractivity contribution in [3.8, 4) is 11.5 Å². The number of benzene rings is 1. The molecule has 1 atom stereocenters. The largest absolute Gasteiger partial charge is 0.486 e. The summed E-state index contributed by atoms with van der Waals surface area (Å²) < 4.78 is 11.1. The van der Waals surface area contributed by atoms with E-state index in [1.165, 1.54) is 11.8 Å². The summed E-state index contributed by atoms with van der Waals surface area (Å²) in [5.41, 5.74) is 6.70. The molecule has 18 heavy (non-hydrogen) atoms. The van der Waals surface area contributed by atoms with E-state index >= 15 is 0 Å². The molecular formula is C12H15NO4S. The van der Waals surface area contributed by atoms with Gasteiger partial charge in [-0.05, 0) is 17.9 Å². The topological polar surface area (TPSA) is 81.8 Å². The zero-order valence-electron chi connectivity index (χ0n) is 10.0. The molecule has 0 fully saturated rings. The summed E-state index contributed by atoms with van der Waals surface area (Å²) in [7, 11) is 0. The fourth-order valence-electron chi connectivity index (χ4n) is 1.91. The Kier molecular flexibility index (Phi) is 3.98. The first kappa shape index (κ1) is 13.0. The molecule has 0 aliphatic carbocycles. The van der Waals surface area contributed by atoms with Crippen molar-refractivity contribution in [2.45, 2.75) is 17.4 Å². The van der Waals surface area contributed by atoms with Crippen LogP contribution in [0.15, 0.2) is 17.0 Å².